The molecule has 652 valence electrons. The molecule has 5 aliphatic rings. The van der Waals surface area contributed by atoms with Gasteiger partial charge in [-0.1, -0.05) is 177 Å². The Balaban J connectivity index is 0.000000142. The van der Waals surface area contributed by atoms with Crippen molar-refractivity contribution < 1.29 is 49.1 Å². The first-order valence-electron chi connectivity index (χ1n) is 44.2. The smallest absolute Gasteiger partial charge is 0.323 e. The third-order valence-electron chi connectivity index (χ3n) is 23.4. The minimum atomic E-state index is -1.01. The summed E-state index contributed by atoms with van der Waals surface area (Å²) in [7, 11) is 0. The van der Waals surface area contributed by atoms with Gasteiger partial charge in [0.05, 0.1) is 38.5 Å². The van der Waals surface area contributed by atoms with Crippen LogP contribution in [-0.4, -0.2) is 180 Å². The Morgan fingerprint density at radius 3 is 1.33 bits per heavy atom. The molecule has 1 amide bonds. The van der Waals surface area contributed by atoms with E-state index in [4.69, 9.17) is 14.8 Å². The largest absolute Gasteiger partial charge is 0.480 e. The molecular formula is C91H118N22O10. The number of aryl methyl sites for hydroxylation is 4. The third-order valence-corrected chi connectivity index (χ3v) is 23.4. The van der Waals surface area contributed by atoms with Gasteiger partial charge in [0.2, 0.25) is 11.9 Å². The molecule has 5 fully saturated rings. The van der Waals surface area contributed by atoms with E-state index < -0.39 is 23.9 Å². The molecule has 16 rings (SSSR count). The number of hydrogen-bond acceptors (Lipinski definition) is 23. The van der Waals surface area contributed by atoms with E-state index >= 15 is 0 Å². The molecule has 9 heterocycles. The standard InChI is InChI=1S/C25H33N5O2.C24H28N6O4.C24H29N5O2.C18H28N6O2/c1-17(2)14-26-24-23-25(30(16-27-23)15-22(31)32)29-21(28-24)13-10-18-8-11-20(12-9-18)19-6-4-3-5-7-19;31-19(32)14-30-15-25-20-21(29-10-12-34-13-11-29)26-24(27-22(20)30)28-23(33)18-8-6-17(7-9-18)16-4-2-1-3-5-16;1-2-14-25-23-22-24(29(16-26-22)15-21(30)31)28-20(27-23)13-10-17-8-11-19(12-9-17)18-6-4-3-5-7-18;1-2-3-7-10-19-18-22-16(21-13-8-5-4-6-9-13)15-17(23-18)24(12-20-15)11-14(25)26/h8-9,11-12,16-17,19H,3-7,10,13-15H2,1-2H3,(H,31,32)(H,26,28,29);6-9,15-16H,1-5,10-14H2,(H,31,32)(H,26,27,28,33);2,8-9,11-12,16,18H,1,3-7,10,13-15H2,(H,30,31)(H,25,27,28);12-13H,2-11H2,1H3,(H,25,26)(H2,19,21,22,23). The molecule has 0 atom stereocenters. The second-order valence-electron chi connectivity index (χ2n) is 33.2. The van der Waals surface area contributed by atoms with Gasteiger partial charge in [-0.2, -0.15) is 19.9 Å². The van der Waals surface area contributed by atoms with Crippen LogP contribution in [0.1, 0.15) is 236 Å². The maximum Gasteiger partial charge on any atom is 0.323 e. The van der Waals surface area contributed by atoms with Gasteiger partial charge >= 0.3 is 23.9 Å². The summed E-state index contributed by atoms with van der Waals surface area (Å²) in [6.07, 6.45) is 39.7. The monoisotopic (exact) mass is 1680 g/mol. The minimum Gasteiger partial charge on any atom is -0.480 e. The van der Waals surface area contributed by atoms with Gasteiger partial charge < -0.3 is 69.6 Å². The lowest BCUT2D eigenvalue weighted by Gasteiger charge is -2.28. The van der Waals surface area contributed by atoms with E-state index in [9.17, 15) is 39.3 Å². The molecule has 4 saturated carbocycles. The molecule has 0 bridgehead atoms. The van der Waals surface area contributed by atoms with Gasteiger partial charge in [-0.05, 0) is 134 Å². The van der Waals surface area contributed by atoms with Crippen LogP contribution in [0.25, 0.3) is 44.7 Å². The molecule has 32 heteroatoms. The van der Waals surface area contributed by atoms with Crippen molar-refractivity contribution in [1.29, 1.82) is 0 Å². The Morgan fingerprint density at radius 2 is 0.878 bits per heavy atom. The molecule has 32 nitrogen and oxygen atoms in total. The summed E-state index contributed by atoms with van der Waals surface area (Å²) in [5.41, 5.74) is 11.6. The van der Waals surface area contributed by atoms with Crippen LogP contribution in [0.2, 0.25) is 0 Å². The molecule has 1 aliphatic heterocycles. The van der Waals surface area contributed by atoms with Gasteiger partial charge in [0.1, 0.15) is 48.9 Å². The van der Waals surface area contributed by atoms with Gasteiger partial charge in [-0.25, -0.2) is 39.9 Å². The number of carboxylic acid groups (broad SMARTS) is 4. The topological polar surface area (TPSA) is 413 Å². The summed E-state index contributed by atoms with van der Waals surface area (Å²) >= 11 is 0. The molecule has 11 aromatic rings. The summed E-state index contributed by atoms with van der Waals surface area (Å²) in [5.74, 6) is 2.91. The first kappa shape index (κ1) is 88.7. The van der Waals surface area contributed by atoms with Crippen molar-refractivity contribution in [3.63, 3.8) is 0 Å². The molecule has 123 heavy (non-hydrogen) atoms. The molecule has 3 aromatic carbocycles. The number of unbranched alkanes of at least 4 members (excludes halogenated alkanes) is 2. The number of imidazole rings is 4. The van der Waals surface area contributed by atoms with E-state index in [1.807, 2.05) is 29.2 Å². The van der Waals surface area contributed by atoms with E-state index in [0.29, 0.717) is 166 Å². The number of nitrogens with one attached hydrogen (secondary N) is 5. The fourth-order valence-electron chi connectivity index (χ4n) is 16.9. The number of anilines is 6. The number of ether oxygens (including phenoxy) is 1. The zero-order chi connectivity index (χ0) is 86.0. The van der Waals surface area contributed by atoms with E-state index in [2.05, 4.69) is 157 Å². The highest BCUT2D eigenvalue weighted by molar-refractivity contribution is 6.04. The zero-order valence-corrected chi connectivity index (χ0v) is 71.1. The Kier molecular flexibility index (Phi) is 31.8. The van der Waals surface area contributed by atoms with Crippen LogP contribution >= 0.6 is 0 Å². The second-order valence-corrected chi connectivity index (χ2v) is 33.2. The van der Waals surface area contributed by atoms with E-state index in [1.165, 1.54) is 173 Å². The molecule has 8 aromatic heterocycles. The molecular weight excluding hydrogens is 1560 g/mol. The summed E-state index contributed by atoms with van der Waals surface area (Å²) in [6.45, 7) is 13.8. The molecule has 0 spiro atoms. The van der Waals surface area contributed by atoms with Crippen LogP contribution in [0.5, 0.6) is 0 Å². The lowest BCUT2D eigenvalue weighted by molar-refractivity contribution is -0.138. The van der Waals surface area contributed by atoms with Crippen molar-refractivity contribution in [2.24, 2.45) is 5.92 Å². The normalized spacial score (nSPS) is 15.5. The number of nitrogens with zero attached hydrogens (tertiary/aromatic N) is 17. The molecule has 1 saturated heterocycles. The number of amides is 1. The van der Waals surface area contributed by atoms with Crippen LogP contribution in [-0.2, 0) is 75.8 Å². The van der Waals surface area contributed by atoms with Crippen molar-refractivity contribution in [3.8, 4) is 0 Å². The van der Waals surface area contributed by atoms with E-state index in [-0.39, 0.29) is 38.0 Å². The van der Waals surface area contributed by atoms with Gasteiger partial charge in [0, 0.05) is 57.2 Å². The average molecular weight is 1680 g/mol. The number of fused-ring (bicyclic) bond motifs is 4. The summed E-state index contributed by atoms with van der Waals surface area (Å²) in [6, 6.07) is 26.2. The Labute approximate surface area is 716 Å². The molecule has 0 unspecified atom stereocenters. The van der Waals surface area contributed by atoms with Crippen LogP contribution in [0, 0.1) is 5.92 Å². The highest BCUT2D eigenvalue weighted by Gasteiger charge is 2.27. The number of carbonyl (C=O) groups excluding carboxylic acids is 1. The molecule has 0 radical (unpaired) electrons. The third kappa shape index (κ3) is 24.9. The summed E-state index contributed by atoms with van der Waals surface area (Å²) in [5, 5.41) is 52.9. The fourth-order valence-corrected chi connectivity index (χ4v) is 16.9. The Bertz CT molecular complexity index is 5330. The maximum absolute atomic E-state index is 13.0. The maximum atomic E-state index is 13.0. The highest BCUT2D eigenvalue weighted by atomic mass is 16.5. The van der Waals surface area contributed by atoms with E-state index in [1.54, 1.807) is 19.8 Å². The summed E-state index contributed by atoms with van der Waals surface area (Å²) in [4.78, 5) is 114. The van der Waals surface area contributed by atoms with Gasteiger partial charge in [0.25, 0.3) is 5.91 Å². The number of aromatic nitrogens is 16. The van der Waals surface area contributed by atoms with Gasteiger partial charge in [-0.15, -0.1) is 6.58 Å². The molecule has 9 N–H and O–H groups in total. The van der Waals surface area contributed by atoms with Crippen molar-refractivity contribution in [1.82, 2.24) is 78.1 Å². The zero-order valence-electron chi connectivity index (χ0n) is 71.1. The predicted octanol–water partition coefficient (Wildman–Crippen LogP) is 15.5. The Hall–Kier alpha value is -12.1. The van der Waals surface area contributed by atoms with Crippen LogP contribution in [0.4, 0.5) is 35.2 Å². The van der Waals surface area contributed by atoms with Crippen LogP contribution in [0.15, 0.2) is 111 Å². The number of benzene rings is 3. The van der Waals surface area contributed by atoms with Crippen molar-refractivity contribution in [3.05, 3.63) is 156 Å². The van der Waals surface area contributed by atoms with Crippen molar-refractivity contribution >= 4 is 110 Å². The first-order valence-corrected chi connectivity index (χ1v) is 44.2. The van der Waals surface area contributed by atoms with Crippen LogP contribution in [0.3, 0.4) is 0 Å². The number of hydrogen-bond donors (Lipinski definition) is 9. The van der Waals surface area contributed by atoms with Gasteiger partial charge in [-0.3, -0.25) is 29.3 Å². The van der Waals surface area contributed by atoms with Crippen molar-refractivity contribution in [2.75, 3.05) is 77.4 Å². The number of morpholine rings is 1. The number of carbonyl (C=O) groups is 5. The first-order chi connectivity index (χ1) is 59.9. The Morgan fingerprint density at radius 1 is 0.463 bits per heavy atom. The molecule has 4 aliphatic carbocycles. The number of aliphatic carboxylic acids is 4. The second kappa shape index (κ2) is 44.1. The summed E-state index contributed by atoms with van der Waals surface area (Å²) < 4.78 is 11.6. The minimum absolute atomic E-state index is 0.113. The lowest BCUT2D eigenvalue weighted by Crippen LogP contribution is -2.37. The quantitative estimate of drug-likeness (QED) is 0.0136. The fraction of sp³-hybridized carbons (Fsp3) is 0.505. The van der Waals surface area contributed by atoms with Crippen LogP contribution < -0.4 is 31.5 Å². The SMILES string of the molecule is C=CCNc1nc(CCc2ccc(C3CCCCC3)cc2)nc2c1ncn2CC(=O)O.CC(C)CNc1nc(CCc2ccc(C3CCCCC3)cc2)nc2c1ncn2CC(=O)O.CCCCCNc1nc(NC2CCCCC2)c2ncn(CC(=O)O)c2n1.O=C(O)Cn1cnc2c(N3CCOCC3)nc(NC(=O)c3ccc(C4CCCCC4)cc3)nc21. The van der Waals surface area contributed by atoms with Crippen molar-refractivity contribution in [2.45, 2.75) is 244 Å². The predicted molar refractivity (Wildman–Crippen MR) is 475 cm³/mol. The number of carboxylic acids is 4. The average Bonchev–Trinajstić information content (AvgIpc) is 1.68. The van der Waals surface area contributed by atoms with E-state index in [0.717, 1.165) is 58.0 Å². The lowest BCUT2D eigenvalue weighted by atomic mass is 9.84. The van der Waals surface area contributed by atoms with Gasteiger partial charge in [0.15, 0.2) is 56.9 Å². The highest BCUT2D eigenvalue weighted by Crippen LogP contribution is 2.37. The number of rotatable bonds is 33.